The molecule has 8 heteroatoms. The monoisotopic (exact) mass is 490 g/mol. The molecule has 1 fully saturated rings. The number of anilines is 1. The van der Waals surface area contributed by atoms with Crippen molar-refractivity contribution >= 4 is 45.6 Å². The number of halogens is 2. The molecule has 1 aromatic heterocycles. The number of fused-ring (bicyclic) bond motifs is 1. The highest BCUT2D eigenvalue weighted by molar-refractivity contribution is 6.52. The number of nitrogens with one attached hydrogen (secondary N) is 1. The van der Waals surface area contributed by atoms with E-state index in [1.54, 1.807) is 24.3 Å². The molecule has 0 radical (unpaired) electrons. The van der Waals surface area contributed by atoms with Gasteiger partial charge in [-0.25, -0.2) is 4.39 Å². The van der Waals surface area contributed by atoms with E-state index in [0.717, 1.165) is 17.0 Å². The van der Waals surface area contributed by atoms with Gasteiger partial charge in [-0.05, 0) is 55.5 Å². The lowest BCUT2D eigenvalue weighted by atomic mass is 9.93. The van der Waals surface area contributed by atoms with Crippen molar-refractivity contribution < 1.29 is 23.8 Å². The molecule has 0 bridgehead atoms. The lowest BCUT2D eigenvalue weighted by Gasteiger charge is -2.26. The normalized spacial score (nSPS) is 17.4. The highest BCUT2D eigenvalue weighted by atomic mass is 35.5. The first-order valence-corrected chi connectivity index (χ1v) is 11.2. The van der Waals surface area contributed by atoms with Crippen LogP contribution in [-0.4, -0.2) is 28.9 Å². The number of para-hydroxylation sites is 1. The summed E-state index contributed by atoms with van der Waals surface area (Å²) < 4.78 is 19.5. The van der Waals surface area contributed by atoms with E-state index in [1.165, 1.54) is 24.1 Å². The standard InChI is InChI=1S/C27H20ClFN2O4/c1-14-22(18-5-3-4-6-20(18)30-14)24-23(25(32)19-13-16(29)9-12-21(19)35-2)26(33)27(34)31(24)17-10-7-15(28)8-11-17/h3-13,24,30,32H,1-2H3/b25-23+. The van der Waals surface area contributed by atoms with E-state index in [9.17, 15) is 19.1 Å². The fourth-order valence-electron chi connectivity index (χ4n) is 4.63. The Bertz CT molecular complexity index is 1520. The summed E-state index contributed by atoms with van der Waals surface area (Å²) in [6, 6.07) is 16.6. The van der Waals surface area contributed by atoms with Gasteiger partial charge in [-0.2, -0.15) is 0 Å². The molecular weight excluding hydrogens is 471 g/mol. The van der Waals surface area contributed by atoms with Crippen LogP contribution in [0.15, 0.2) is 72.3 Å². The van der Waals surface area contributed by atoms with Crippen molar-refractivity contribution in [3.8, 4) is 5.75 Å². The lowest BCUT2D eigenvalue weighted by Crippen LogP contribution is -2.29. The van der Waals surface area contributed by atoms with Crippen molar-refractivity contribution in [2.75, 3.05) is 12.0 Å². The smallest absolute Gasteiger partial charge is 0.300 e. The molecule has 0 saturated carbocycles. The Kier molecular flexibility index (Phi) is 5.57. The number of aromatic nitrogens is 1. The third-order valence-corrected chi connectivity index (χ3v) is 6.43. The molecule has 1 aliphatic rings. The number of H-pyrrole nitrogens is 1. The van der Waals surface area contributed by atoms with Crippen molar-refractivity contribution in [1.82, 2.24) is 4.98 Å². The number of ether oxygens (including phenoxy) is 1. The van der Waals surface area contributed by atoms with E-state index >= 15 is 0 Å². The van der Waals surface area contributed by atoms with Gasteiger partial charge in [0.2, 0.25) is 0 Å². The van der Waals surface area contributed by atoms with Crippen molar-refractivity contribution in [1.29, 1.82) is 0 Å². The molecule has 4 aromatic rings. The van der Waals surface area contributed by atoms with Gasteiger partial charge in [0.1, 0.15) is 17.3 Å². The van der Waals surface area contributed by atoms with E-state index in [1.807, 2.05) is 31.2 Å². The number of hydrogen-bond donors (Lipinski definition) is 2. The van der Waals surface area contributed by atoms with Crippen LogP contribution in [0.25, 0.3) is 16.7 Å². The molecule has 6 nitrogen and oxygen atoms in total. The molecule has 2 N–H and O–H groups in total. The first-order chi connectivity index (χ1) is 16.8. The Balaban J connectivity index is 1.84. The number of carbonyl (C=O) groups is 2. The van der Waals surface area contributed by atoms with Gasteiger partial charge in [-0.3, -0.25) is 14.5 Å². The number of carbonyl (C=O) groups excluding carboxylic acids is 2. The number of aliphatic hydroxyl groups excluding tert-OH is 1. The Hall–Kier alpha value is -4.10. The van der Waals surface area contributed by atoms with E-state index in [-0.39, 0.29) is 16.9 Å². The second-order valence-corrected chi connectivity index (χ2v) is 8.64. The number of nitrogens with zero attached hydrogens (tertiary/aromatic N) is 1. The van der Waals surface area contributed by atoms with Crippen LogP contribution in [0.2, 0.25) is 5.02 Å². The zero-order chi connectivity index (χ0) is 24.9. The van der Waals surface area contributed by atoms with E-state index < -0.39 is 29.3 Å². The number of aryl methyl sites for hydroxylation is 1. The number of rotatable bonds is 4. The quantitative estimate of drug-likeness (QED) is 0.212. The highest BCUT2D eigenvalue weighted by Crippen LogP contribution is 2.46. The van der Waals surface area contributed by atoms with Crippen LogP contribution in [-0.2, 0) is 9.59 Å². The van der Waals surface area contributed by atoms with Crippen LogP contribution in [0, 0.1) is 12.7 Å². The summed E-state index contributed by atoms with van der Waals surface area (Å²) in [5.41, 5.74) is 2.41. The zero-order valence-corrected chi connectivity index (χ0v) is 19.6. The Labute approximate surface area is 205 Å². The first-order valence-electron chi connectivity index (χ1n) is 10.8. The second kappa shape index (κ2) is 8.60. The van der Waals surface area contributed by atoms with Crippen molar-refractivity contribution in [2.24, 2.45) is 0 Å². The van der Waals surface area contributed by atoms with Gasteiger partial charge >= 0.3 is 0 Å². The summed E-state index contributed by atoms with van der Waals surface area (Å²) in [5, 5.41) is 12.6. The second-order valence-electron chi connectivity index (χ2n) is 8.20. The highest BCUT2D eigenvalue weighted by Gasteiger charge is 2.48. The third kappa shape index (κ3) is 3.65. The van der Waals surface area contributed by atoms with Gasteiger partial charge in [0.15, 0.2) is 0 Å². The maximum absolute atomic E-state index is 14.2. The topological polar surface area (TPSA) is 82.6 Å². The van der Waals surface area contributed by atoms with E-state index in [4.69, 9.17) is 16.3 Å². The van der Waals surface area contributed by atoms with Crippen LogP contribution in [0.5, 0.6) is 5.75 Å². The third-order valence-electron chi connectivity index (χ3n) is 6.18. The number of Topliss-reactive ketones (excluding diaryl/α,β-unsaturated/α-hetero) is 1. The summed E-state index contributed by atoms with van der Waals surface area (Å²) in [6.07, 6.45) is 0. The number of benzene rings is 3. The molecule has 3 aromatic carbocycles. The van der Waals surface area contributed by atoms with Gasteiger partial charge < -0.3 is 14.8 Å². The van der Waals surface area contributed by atoms with Crippen molar-refractivity contribution in [3.63, 3.8) is 0 Å². The molecule has 176 valence electrons. The fourth-order valence-corrected chi connectivity index (χ4v) is 4.76. The van der Waals surface area contributed by atoms with Gasteiger partial charge in [0.05, 0.1) is 24.3 Å². The number of ketones is 1. The van der Waals surface area contributed by atoms with Crippen LogP contribution in [0.3, 0.4) is 0 Å². The molecule has 35 heavy (non-hydrogen) atoms. The average Bonchev–Trinajstić information content (AvgIpc) is 3.31. The van der Waals surface area contributed by atoms with Crippen molar-refractivity contribution in [2.45, 2.75) is 13.0 Å². The Morgan fingerprint density at radius 3 is 2.51 bits per heavy atom. The minimum atomic E-state index is -0.986. The van der Waals surface area contributed by atoms with Gasteiger partial charge in [0, 0.05) is 32.9 Å². The molecule has 1 unspecified atom stereocenters. The lowest BCUT2D eigenvalue weighted by molar-refractivity contribution is -0.132. The molecule has 0 spiro atoms. The van der Waals surface area contributed by atoms with Crippen LogP contribution < -0.4 is 9.64 Å². The van der Waals surface area contributed by atoms with Crippen LogP contribution in [0.1, 0.15) is 22.9 Å². The zero-order valence-electron chi connectivity index (χ0n) is 18.8. The molecule has 1 aliphatic heterocycles. The molecule has 0 aliphatic carbocycles. The summed E-state index contributed by atoms with van der Waals surface area (Å²) in [5.74, 6) is -2.70. The number of hydrogen-bond acceptors (Lipinski definition) is 4. The predicted molar refractivity (Wildman–Crippen MR) is 132 cm³/mol. The number of aromatic amines is 1. The molecule has 1 atom stereocenters. The molecule has 5 rings (SSSR count). The number of amides is 1. The minimum Gasteiger partial charge on any atom is -0.507 e. The average molecular weight is 491 g/mol. The Morgan fingerprint density at radius 2 is 1.80 bits per heavy atom. The number of methoxy groups -OCH3 is 1. The molecule has 2 heterocycles. The van der Waals surface area contributed by atoms with Crippen LogP contribution >= 0.6 is 11.6 Å². The molecule has 1 amide bonds. The molecule has 1 saturated heterocycles. The summed E-state index contributed by atoms with van der Waals surface area (Å²) in [6.45, 7) is 1.83. The SMILES string of the molecule is COc1ccc(F)cc1/C(O)=C1\C(=O)C(=O)N(c2ccc(Cl)cc2)C1c1c(C)[nH]c2ccccc12. The largest absolute Gasteiger partial charge is 0.507 e. The van der Waals surface area contributed by atoms with Gasteiger partial charge in [-0.1, -0.05) is 29.8 Å². The fraction of sp³-hybridized carbons (Fsp3) is 0.111. The maximum atomic E-state index is 14.2. The number of aliphatic hydroxyl groups is 1. The summed E-state index contributed by atoms with van der Waals surface area (Å²) >= 11 is 6.06. The Morgan fingerprint density at radius 1 is 1.09 bits per heavy atom. The van der Waals surface area contributed by atoms with Crippen molar-refractivity contribution in [3.05, 3.63) is 100.0 Å². The summed E-state index contributed by atoms with van der Waals surface area (Å²) in [4.78, 5) is 31.4. The summed E-state index contributed by atoms with van der Waals surface area (Å²) in [7, 11) is 1.37. The minimum absolute atomic E-state index is 0.0240. The molecular formula is C27H20ClFN2O4. The maximum Gasteiger partial charge on any atom is 0.300 e. The predicted octanol–water partition coefficient (Wildman–Crippen LogP) is 5.90. The van der Waals surface area contributed by atoms with Gasteiger partial charge in [0.25, 0.3) is 11.7 Å². The van der Waals surface area contributed by atoms with Gasteiger partial charge in [-0.15, -0.1) is 0 Å². The van der Waals surface area contributed by atoms with Crippen LogP contribution in [0.4, 0.5) is 10.1 Å². The first kappa shape index (κ1) is 22.7. The van der Waals surface area contributed by atoms with E-state index in [0.29, 0.717) is 22.0 Å². The van der Waals surface area contributed by atoms with E-state index in [2.05, 4.69) is 4.98 Å².